The van der Waals surface area contributed by atoms with Crippen molar-refractivity contribution in [1.82, 2.24) is 24.6 Å². The number of rotatable bonds is 6. The summed E-state index contributed by atoms with van der Waals surface area (Å²) in [6, 6.07) is 11.4. The molecule has 0 N–H and O–H groups in total. The Hall–Kier alpha value is -3.39. The monoisotopic (exact) mass is 421 g/mol. The zero-order valence-electron chi connectivity index (χ0n) is 18.1. The number of para-hydroxylation sites is 1. The van der Waals surface area contributed by atoms with Gasteiger partial charge >= 0.3 is 0 Å². The highest BCUT2D eigenvalue weighted by Gasteiger charge is 2.26. The minimum Gasteiger partial charge on any atom is -0.493 e. The molecule has 31 heavy (non-hydrogen) atoms. The van der Waals surface area contributed by atoms with Crippen molar-refractivity contribution in [3.8, 4) is 22.8 Å². The minimum atomic E-state index is -0.0316. The van der Waals surface area contributed by atoms with Gasteiger partial charge in [-0.2, -0.15) is 5.10 Å². The summed E-state index contributed by atoms with van der Waals surface area (Å²) in [5, 5.41) is 4.64. The molecule has 0 unspecified atom stereocenters. The number of hydrogen-bond donors (Lipinski definition) is 0. The van der Waals surface area contributed by atoms with Crippen molar-refractivity contribution in [2.75, 3.05) is 40.4 Å². The summed E-state index contributed by atoms with van der Waals surface area (Å²) in [4.78, 5) is 21.4. The van der Waals surface area contributed by atoms with Crippen LogP contribution in [0.3, 0.4) is 0 Å². The molecule has 4 rings (SSSR count). The van der Waals surface area contributed by atoms with Crippen molar-refractivity contribution >= 4 is 5.91 Å². The van der Waals surface area contributed by atoms with Gasteiger partial charge in [-0.05, 0) is 30.3 Å². The predicted molar refractivity (Wildman–Crippen MR) is 117 cm³/mol. The van der Waals surface area contributed by atoms with Gasteiger partial charge in [0.1, 0.15) is 0 Å². The van der Waals surface area contributed by atoms with Gasteiger partial charge in [0, 0.05) is 57.7 Å². The van der Waals surface area contributed by atoms with Crippen LogP contribution in [0.2, 0.25) is 0 Å². The van der Waals surface area contributed by atoms with Crippen LogP contribution in [-0.4, -0.2) is 70.9 Å². The number of aromatic nitrogens is 3. The number of nitrogens with zero attached hydrogens (tertiary/aromatic N) is 5. The maximum Gasteiger partial charge on any atom is 0.257 e. The molecular weight excluding hydrogens is 394 g/mol. The molecule has 1 aliphatic heterocycles. The van der Waals surface area contributed by atoms with E-state index < -0.39 is 0 Å². The molecule has 3 aromatic rings. The highest BCUT2D eigenvalue weighted by atomic mass is 16.5. The molecule has 0 radical (unpaired) electrons. The SMILES string of the molecule is COc1cccc(C(=O)N2CCN(Cc3cc(-c4ccncc4)nn3C)CC2)c1OC. The van der Waals surface area contributed by atoms with Crippen LogP contribution in [0.4, 0.5) is 0 Å². The van der Waals surface area contributed by atoms with Crippen molar-refractivity contribution in [3.63, 3.8) is 0 Å². The second-order valence-electron chi connectivity index (χ2n) is 7.49. The van der Waals surface area contributed by atoms with Crippen molar-refractivity contribution in [2.24, 2.45) is 7.05 Å². The summed E-state index contributed by atoms with van der Waals surface area (Å²) in [5.74, 6) is 1.01. The van der Waals surface area contributed by atoms with Crippen molar-refractivity contribution in [2.45, 2.75) is 6.54 Å². The van der Waals surface area contributed by atoms with Crippen LogP contribution >= 0.6 is 0 Å². The highest BCUT2D eigenvalue weighted by Crippen LogP contribution is 2.31. The van der Waals surface area contributed by atoms with E-state index in [0.717, 1.165) is 36.6 Å². The summed E-state index contributed by atoms with van der Waals surface area (Å²) < 4.78 is 12.7. The van der Waals surface area contributed by atoms with E-state index in [0.29, 0.717) is 30.2 Å². The van der Waals surface area contributed by atoms with Crippen LogP contribution in [0.15, 0.2) is 48.8 Å². The Kier molecular flexibility index (Phi) is 6.18. The summed E-state index contributed by atoms with van der Waals surface area (Å²) in [6.07, 6.45) is 3.55. The normalized spacial score (nSPS) is 14.5. The Balaban J connectivity index is 1.40. The van der Waals surface area contributed by atoms with E-state index in [2.05, 4.69) is 21.0 Å². The number of piperazine rings is 1. The third kappa shape index (κ3) is 4.39. The van der Waals surface area contributed by atoms with Crippen LogP contribution in [-0.2, 0) is 13.6 Å². The third-order valence-corrected chi connectivity index (χ3v) is 5.63. The Morgan fingerprint density at radius 2 is 1.77 bits per heavy atom. The van der Waals surface area contributed by atoms with E-state index >= 15 is 0 Å². The van der Waals surface area contributed by atoms with E-state index in [4.69, 9.17) is 9.47 Å². The molecule has 0 atom stereocenters. The summed E-state index contributed by atoms with van der Waals surface area (Å²) >= 11 is 0. The van der Waals surface area contributed by atoms with E-state index in [1.54, 1.807) is 38.7 Å². The Morgan fingerprint density at radius 3 is 2.45 bits per heavy atom. The van der Waals surface area contributed by atoms with Crippen molar-refractivity contribution in [1.29, 1.82) is 0 Å². The second-order valence-corrected chi connectivity index (χ2v) is 7.49. The third-order valence-electron chi connectivity index (χ3n) is 5.63. The van der Waals surface area contributed by atoms with Crippen LogP contribution in [0, 0.1) is 0 Å². The number of carbonyl (C=O) groups is 1. The molecule has 1 fully saturated rings. The fourth-order valence-corrected chi connectivity index (χ4v) is 3.88. The molecule has 1 saturated heterocycles. The first-order chi connectivity index (χ1) is 15.1. The van der Waals surface area contributed by atoms with E-state index in [1.807, 2.05) is 34.8 Å². The van der Waals surface area contributed by atoms with Crippen molar-refractivity contribution < 1.29 is 14.3 Å². The average Bonchev–Trinajstić information content (AvgIpc) is 3.19. The molecule has 1 aromatic carbocycles. The van der Waals surface area contributed by atoms with E-state index in [1.165, 1.54) is 0 Å². The maximum absolute atomic E-state index is 13.1. The molecular formula is C23H27N5O3. The molecule has 0 bridgehead atoms. The van der Waals surface area contributed by atoms with Gasteiger partial charge in [-0.25, -0.2) is 0 Å². The second kappa shape index (κ2) is 9.18. The summed E-state index contributed by atoms with van der Waals surface area (Å²) in [5.41, 5.74) is 3.67. The number of benzene rings is 1. The van der Waals surface area contributed by atoms with Gasteiger partial charge in [0.2, 0.25) is 0 Å². The van der Waals surface area contributed by atoms with Crippen LogP contribution in [0.5, 0.6) is 11.5 Å². The zero-order chi connectivity index (χ0) is 21.8. The lowest BCUT2D eigenvalue weighted by atomic mass is 10.1. The van der Waals surface area contributed by atoms with Gasteiger partial charge in [-0.15, -0.1) is 0 Å². The highest BCUT2D eigenvalue weighted by molar-refractivity contribution is 5.97. The molecule has 3 heterocycles. The lowest BCUT2D eigenvalue weighted by Gasteiger charge is -2.35. The van der Waals surface area contributed by atoms with Gasteiger partial charge in [-0.1, -0.05) is 6.07 Å². The Bertz CT molecular complexity index is 1040. The van der Waals surface area contributed by atoms with Gasteiger partial charge < -0.3 is 14.4 Å². The number of methoxy groups -OCH3 is 2. The first kappa shape index (κ1) is 20.9. The molecule has 0 saturated carbocycles. The first-order valence-corrected chi connectivity index (χ1v) is 10.3. The number of ether oxygens (including phenoxy) is 2. The topological polar surface area (TPSA) is 72.7 Å². The molecule has 1 amide bonds. The number of carbonyl (C=O) groups excluding carboxylic acids is 1. The van der Waals surface area contributed by atoms with Gasteiger partial charge in [0.05, 0.1) is 31.2 Å². The first-order valence-electron chi connectivity index (χ1n) is 10.3. The smallest absolute Gasteiger partial charge is 0.257 e. The quantitative estimate of drug-likeness (QED) is 0.609. The average molecular weight is 422 g/mol. The molecule has 8 heteroatoms. The van der Waals surface area contributed by atoms with E-state index in [9.17, 15) is 4.79 Å². The van der Waals surface area contributed by atoms with Gasteiger partial charge in [0.25, 0.3) is 5.91 Å². The molecule has 162 valence electrons. The van der Waals surface area contributed by atoms with Crippen LogP contribution < -0.4 is 9.47 Å². The lowest BCUT2D eigenvalue weighted by Crippen LogP contribution is -2.48. The maximum atomic E-state index is 13.1. The molecule has 8 nitrogen and oxygen atoms in total. The number of amides is 1. The molecule has 0 spiro atoms. The van der Waals surface area contributed by atoms with Gasteiger partial charge in [0.15, 0.2) is 11.5 Å². The molecule has 0 aliphatic carbocycles. The fraction of sp³-hybridized carbons (Fsp3) is 0.348. The summed E-state index contributed by atoms with van der Waals surface area (Å²) in [6.45, 7) is 3.71. The number of pyridine rings is 1. The van der Waals surface area contributed by atoms with Gasteiger partial charge in [-0.3, -0.25) is 19.4 Å². The Morgan fingerprint density at radius 1 is 1.03 bits per heavy atom. The number of hydrogen-bond acceptors (Lipinski definition) is 6. The van der Waals surface area contributed by atoms with Crippen molar-refractivity contribution in [3.05, 3.63) is 60.0 Å². The van der Waals surface area contributed by atoms with E-state index in [-0.39, 0.29) is 5.91 Å². The zero-order valence-corrected chi connectivity index (χ0v) is 18.1. The number of aryl methyl sites for hydroxylation is 1. The van der Waals surface area contributed by atoms with Crippen LogP contribution in [0.25, 0.3) is 11.3 Å². The Labute approximate surface area is 182 Å². The molecule has 1 aliphatic rings. The standard InChI is InChI=1S/C23H27N5O3/c1-26-18(15-20(25-26)17-7-9-24-10-8-17)16-27-11-13-28(14-12-27)23(29)19-5-4-6-21(30-2)22(19)31-3/h4-10,15H,11-14,16H2,1-3H3. The predicted octanol–water partition coefficient (Wildman–Crippen LogP) is 2.46. The van der Waals surface area contributed by atoms with Crippen LogP contribution in [0.1, 0.15) is 16.1 Å². The minimum absolute atomic E-state index is 0.0316. The fourth-order valence-electron chi connectivity index (χ4n) is 3.88. The summed E-state index contributed by atoms with van der Waals surface area (Å²) in [7, 11) is 5.10. The lowest BCUT2D eigenvalue weighted by molar-refractivity contribution is 0.0621. The molecule has 2 aromatic heterocycles. The largest absolute Gasteiger partial charge is 0.493 e.